The van der Waals surface area contributed by atoms with E-state index in [9.17, 15) is 0 Å². The Kier molecular flexibility index (Phi) is 9.12. The van der Waals surface area contributed by atoms with Crippen LogP contribution in [0, 0.1) is 6.67 Å². The smallest absolute Gasteiger partial charge is 0.0466 e. The molecule has 0 saturated carbocycles. The van der Waals surface area contributed by atoms with Crippen LogP contribution in [0.25, 0.3) is 21.8 Å². The molecule has 0 N–H and O–H groups in total. The van der Waals surface area contributed by atoms with Crippen LogP contribution in [0.3, 0.4) is 0 Å². The van der Waals surface area contributed by atoms with Gasteiger partial charge in [-0.2, -0.15) is 0 Å². The molecule has 0 aliphatic carbocycles. The quantitative estimate of drug-likeness (QED) is 0.128. The average molecular weight is 802 g/mol. The summed E-state index contributed by atoms with van der Waals surface area (Å²) in [7, 11) is 0. The van der Waals surface area contributed by atoms with Crippen LogP contribution in [-0.4, -0.2) is 0 Å². The van der Waals surface area contributed by atoms with Crippen molar-refractivity contribution >= 4 is 61.6 Å². The van der Waals surface area contributed by atoms with Crippen molar-refractivity contribution in [1.29, 1.82) is 0 Å². The number of fused-ring (bicyclic) bond motifs is 4. The van der Waals surface area contributed by atoms with Crippen LogP contribution < -0.4 is 19.7 Å². The Hall–Kier alpha value is -5.52. The molecule has 0 bridgehead atoms. The van der Waals surface area contributed by atoms with Gasteiger partial charge in [0, 0.05) is 62.2 Å². The van der Waals surface area contributed by atoms with Crippen molar-refractivity contribution in [3.05, 3.63) is 195 Å². The van der Waals surface area contributed by atoms with Gasteiger partial charge in [0.15, 0.2) is 0 Å². The van der Waals surface area contributed by atoms with Gasteiger partial charge < -0.3 is 19.7 Å². The van der Waals surface area contributed by atoms with Gasteiger partial charge in [-0.15, -0.1) is 17.7 Å². The molecule has 8 aromatic rings. The molecule has 0 atom stereocenters. The molecule has 5 heteroatoms. The molecule has 1 radical (unpaired) electrons. The number of aromatic nitrogens is 1. The maximum Gasteiger partial charge on any atom is 0.0466 e. The molecule has 1 aromatic heterocycles. The van der Waals surface area contributed by atoms with E-state index < -0.39 is 0 Å². The van der Waals surface area contributed by atoms with Crippen molar-refractivity contribution in [2.24, 2.45) is 0 Å². The molecule has 2 heterocycles. The van der Waals surface area contributed by atoms with Crippen LogP contribution in [0.5, 0.6) is 0 Å². The number of benzene rings is 7. The summed E-state index contributed by atoms with van der Waals surface area (Å²) in [5.74, 6) is 0. The Morgan fingerprint density at radius 3 is 1.38 bits per heavy atom. The second-order valence-electron chi connectivity index (χ2n) is 11.4. The van der Waals surface area contributed by atoms with Gasteiger partial charge >= 0.3 is 0 Å². The van der Waals surface area contributed by atoms with Crippen molar-refractivity contribution in [3.63, 3.8) is 0 Å². The SMILES string of the molecule is [Au].c1ccc(N(c2ccccc2)c2ccc3[n-]c4ccccc4c3c2)cc1.c1ccc(N2[CH-]N(c3ccccc3)c3ccccc32)cc1. The van der Waals surface area contributed by atoms with E-state index in [0.717, 1.165) is 28.1 Å². The summed E-state index contributed by atoms with van der Waals surface area (Å²) in [6.07, 6.45) is 0. The van der Waals surface area contributed by atoms with Crippen molar-refractivity contribution in [1.82, 2.24) is 4.98 Å². The second-order valence-corrected chi connectivity index (χ2v) is 11.4. The average Bonchev–Trinajstić information content (AvgIpc) is 3.73. The van der Waals surface area contributed by atoms with Crippen LogP contribution in [0.2, 0.25) is 0 Å². The normalized spacial score (nSPS) is 11.8. The van der Waals surface area contributed by atoms with Crippen LogP contribution in [0.1, 0.15) is 0 Å². The van der Waals surface area contributed by atoms with E-state index in [1.54, 1.807) is 0 Å². The van der Waals surface area contributed by atoms with E-state index in [4.69, 9.17) is 4.98 Å². The summed E-state index contributed by atoms with van der Waals surface area (Å²) < 4.78 is 0. The van der Waals surface area contributed by atoms with Crippen molar-refractivity contribution in [3.8, 4) is 0 Å². The monoisotopic (exact) mass is 801 g/mol. The standard InChI is InChI=1S/C24H17N2.C19H15N2.Au/c1-3-9-18(10-4-1)26(19-11-5-2-6-12-19)20-15-16-24-22(17-20)21-13-7-8-14-23(21)25-24;1-3-9-16(10-4-1)20-15-21(17-11-5-2-6-12-17)19-14-8-7-13-18(19)20;/h1-17H;1-15H;/q2*-1;. The molecule has 0 spiro atoms. The Morgan fingerprint density at radius 1 is 0.396 bits per heavy atom. The van der Waals surface area contributed by atoms with Crippen molar-refractivity contribution in [2.45, 2.75) is 0 Å². The largest absolute Gasteiger partial charge is 0.657 e. The van der Waals surface area contributed by atoms with Gasteiger partial charge in [-0.25, -0.2) is 0 Å². The van der Waals surface area contributed by atoms with Crippen LogP contribution in [-0.2, 0) is 22.4 Å². The first-order chi connectivity index (χ1) is 23.3. The molecule has 0 amide bonds. The van der Waals surface area contributed by atoms with Gasteiger partial charge in [0.25, 0.3) is 0 Å². The minimum Gasteiger partial charge on any atom is -0.657 e. The van der Waals surface area contributed by atoms with E-state index in [2.05, 4.69) is 179 Å². The van der Waals surface area contributed by atoms with E-state index in [1.165, 1.54) is 33.5 Å². The number of hydrogen-bond donors (Lipinski definition) is 0. The third-order valence-corrected chi connectivity index (χ3v) is 8.40. The van der Waals surface area contributed by atoms with Gasteiger partial charge in [0.2, 0.25) is 0 Å². The topological polar surface area (TPSA) is 23.8 Å². The molecule has 9 rings (SSSR count). The molecule has 0 fully saturated rings. The van der Waals surface area contributed by atoms with Crippen LogP contribution in [0.15, 0.2) is 188 Å². The molecule has 0 unspecified atom stereocenters. The maximum absolute atomic E-state index is 4.74. The Bertz CT molecular complexity index is 2130. The third-order valence-electron chi connectivity index (χ3n) is 8.40. The molecule has 1 aliphatic rings. The molecule has 4 nitrogen and oxygen atoms in total. The summed E-state index contributed by atoms with van der Waals surface area (Å²) in [5, 5.41) is 2.39. The zero-order valence-corrected chi connectivity index (χ0v) is 28.2. The van der Waals surface area contributed by atoms with Gasteiger partial charge in [-0.05, 0) is 83.6 Å². The van der Waals surface area contributed by atoms with Crippen molar-refractivity contribution in [2.75, 3.05) is 14.7 Å². The van der Waals surface area contributed by atoms with E-state index in [1.807, 2.05) is 30.3 Å². The van der Waals surface area contributed by atoms with E-state index in [0.29, 0.717) is 0 Å². The van der Waals surface area contributed by atoms with Gasteiger partial charge in [0.05, 0.1) is 0 Å². The molecular formula is C43H32AuN4-2. The van der Waals surface area contributed by atoms with Gasteiger partial charge in [-0.1, -0.05) is 115 Å². The number of anilines is 7. The minimum atomic E-state index is 0. The van der Waals surface area contributed by atoms with Crippen molar-refractivity contribution < 1.29 is 22.4 Å². The summed E-state index contributed by atoms with van der Waals surface area (Å²) in [4.78, 5) is 11.5. The first-order valence-corrected chi connectivity index (χ1v) is 15.8. The fraction of sp³-hybridized carbons (Fsp3) is 0. The van der Waals surface area contributed by atoms with Gasteiger partial charge in [-0.3, -0.25) is 0 Å². The molecular weight excluding hydrogens is 769 g/mol. The fourth-order valence-corrected chi connectivity index (χ4v) is 6.21. The molecule has 237 valence electrons. The zero-order chi connectivity index (χ0) is 31.4. The van der Waals surface area contributed by atoms with Crippen LogP contribution in [0.4, 0.5) is 39.8 Å². The summed E-state index contributed by atoms with van der Waals surface area (Å²) >= 11 is 0. The molecule has 0 saturated heterocycles. The fourth-order valence-electron chi connectivity index (χ4n) is 6.21. The summed E-state index contributed by atoms with van der Waals surface area (Å²) in [6, 6.07) is 65.1. The third kappa shape index (κ3) is 6.13. The maximum atomic E-state index is 4.74. The Labute approximate surface area is 297 Å². The zero-order valence-electron chi connectivity index (χ0n) is 26.1. The Balaban J connectivity index is 0.000000152. The Morgan fingerprint density at radius 2 is 0.833 bits per heavy atom. The molecule has 48 heavy (non-hydrogen) atoms. The first kappa shape index (κ1) is 31.1. The van der Waals surface area contributed by atoms with Gasteiger partial charge in [0.1, 0.15) is 0 Å². The summed E-state index contributed by atoms with van der Waals surface area (Å²) in [6.45, 7) is 2.15. The molecule has 7 aromatic carbocycles. The van der Waals surface area contributed by atoms with Crippen LogP contribution >= 0.6 is 0 Å². The van der Waals surface area contributed by atoms with E-state index in [-0.39, 0.29) is 22.4 Å². The number of rotatable bonds is 5. The summed E-state index contributed by atoms with van der Waals surface area (Å²) in [5.41, 5.74) is 10.2. The first-order valence-electron chi connectivity index (χ1n) is 15.8. The van der Waals surface area contributed by atoms with E-state index >= 15 is 0 Å². The number of hydrogen-bond acceptors (Lipinski definition) is 3. The predicted molar refractivity (Wildman–Crippen MR) is 197 cm³/mol. The minimum absolute atomic E-state index is 0. The number of para-hydroxylation sites is 7. The molecule has 1 aliphatic heterocycles. The second kappa shape index (κ2) is 14.1. The number of nitrogens with zero attached hydrogens (tertiary/aromatic N) is 4. The predicted octanol–water partition coefficient (Wildman–Crippen LogP) is 11.5.